The lowest BCUT2D eigenvalue weighted by molar-refractivity contribution is -0.131. The van der Waals surface area contributed by atoms with Gasteiger partial charge in [0.1, 0.15) is 4.38 Å². The van der Waals surface area contributed by atoms with Gasteiger partial charge in [-0.25, -0.2) is 0 Å². The predicted octanol–water partition coefficient (Wildman–Crippen LogP) is 3.96. The van der Waals surface area contributed by atoms with Gasteiger partial charge in [-0.1, -0.05) is 53.3 Å². The van der Waals surface area contributed by atoms with Crippen LogP contribution in [0.1, 0.15) is 18.4 Å². The Morgan fingerprint density at radius 1 is 1.35 bits per heavy atom. The molecular weight excluding hydrogens is 348 g/mol. The highest BCUT2D eigenvalue weighted by Crippen LogP contribution is 2.28. The van der Waals surface area contributed by atoms with Crippen LogP contribution in [0.3, 0.4) is 0 Å². The van der Waals surface area contributed by atoms with E-state index in [-0.39, 0.29) is 5.91 Å². The zero-order chi connectivity index (χ0) is 16.1. The van der Waals surface area contributed by atoms with Crippen molar-refractivity contribution in [3.63, 3.8) is 0 Å². The van der Waals surface area contributed by atoms with Gasteiger partial charge in [0.2, 0.25) is 5.91 Å². The number of thioether (sulfide) groups is 2. The molecule has 1 amide bonds. The number of benzene rings is 1. The molecule has 0 N–H and O–H groups in total. The molecule has 2 aliphatic heterocycles. The molecule has 0 aliphatic carbocycles. The molecule has 0 atom stereocenters. The van der Waals surface area contributed by atoms with Gasteiger partial charge in [0.15, 0.2) is 0 Å². The van der Waals surface area contributed by atoms with E-state index in [1.54, 1.807) is 0 Å². The standard InChI is InChI=1S/C17H21ClN2OS2/c18-15-4-2-1-3-14(15)11-16(21)20-8-5-13(6-9-20)12-23-17-19-7-10-22-17/h1-4,13H,5-12H2. The van der Waals surface area contributed by atoms with E-state index >= 15 is 0 Å². The molecule has 1 aromatic rings. The highest BCUT2D eigenvalue weighted by atomic mass is 35.5. The fraction of sp³-hybridized carbons (Fsp3) is 0.529. The maximum Gasteiger partial charge on any atom is 0.227 e. The summed E-state index contributed by atoms with van der Waals surface area (Å²) < 4.78 is 1.25. The van der Waals surface area contributed by atoms with E-state index in [1.807, 2.05) is 52.7 Å². The molecule has 23 heavy (non-hydrogen) atoms. The fourth-order valence-electron chi connectivity index (χ4n) is 2.86. The fourth-order valence-corrected chi connectivity index (χ4v) is 5.28. The Hall–Kier alpha value is -0.650. The number of hydrogen-bond acceptors (Lipinski definition) is 4. The Labute approximate surface area is 151 Å². The van der Waals surface area contributed by atoms with Crippen molar-refractivity contribution >= 4 is 45.4 Å². The summed E-state index contributed by atoms with van der Waals surface area (Å²) in [5, 5.41) is 0.682. The molecule has 0 aromatic heterocycles. The van der Waals surface area contributed by atoms with Crippen molar-refractivity contribution in [2.45, 2.75) is 19.3 Å². The third kappa shape index (κ3) is 4.91. The third-order valence-electron chi connectivity index (χ3n) is 4.27. The molecule has 2 heterocycles. The summed E-state index contributed by atoms with van der Waals surface area (Å²) in [6.45, 7) is 2.71. The first-order chi connectivity index (χ1) is 11.2. The normalized spacial score (nSPS) is 19.0. The molecule has 1 fully saturated rings. The minimum absolute atomic E-state index is 0.194. The second-order valence-electron chi connectivity index (χ2n) is 5.90. The lowest BCUT2D eigenvalue weighted by Gasteiger charge is -2.32. The number of likely N-dealkylation sites (tertiary alicyclic amines) is 1. The quantitative estimate of drug-likeness (QED) is 0.806. The van der Waals surface area contributed by atoms with Crippen LogP contribution in [0.25, 0.3) is 0 Å². The van der Waals surface area contributed by atoms with E-state index in [9.17, 15) is 4.79 Å². The van der Waals surface area contributed by atoms with Crippen LogP contribution in [0.15, 0.2) is 29.3 Å². The van der Waals surface area contributed by atoms with Crippen LogP contribution in [0.5, 0.6) is 0 Å². The molecule has 0 radical (unpaired) electrons. The topological polar surface area (TPSA) is 32.7 Å². The number of nitrogens with zero attached hydrogens (tertiary/aromatic N) is 2. The molecule has 124 valence electrons. The first-order valence-electron chi connectivity index (χ1n) is 8.03. The molecule has 1 saturated heterocycles. The maximum atomic E-state index is 12.4. The molecule has 0 saturated carbocycles. The van der Waals surface area contributed by atoms with Gasteiger partial charge < -0.3 is 4.90 Å². The van der Waals surface area contributed by atoms with E-state index in [0.29, 0.717) is 17.4 Å². The Balaban J connectivity index is 1.43. The molecule has 0 spiro atoms. The molecule has 0 unspecified atom stereocenters. The largest absolute Gasteiger partial charge is 0.342 e. The van der Waals surface area contributed by atoms with Crippen LogP contribution in [0.2, 0.25) is 5.02 Å². The van der Waals surface area contributed by atoms with Crippen LogP contribution in [-0.4, -0.2) is 46.3 Å². The Morgan fingerprint density at radius 2 is 2.13 bits per heavy atom. The zero-order valence-corrected chi connectivity index (χ0v) is 15.4. The zero-order valence-electron chi connectivity index (χ0n) is 13.0. The number of hydrogen-bond donors (Lipinski definition) is 0. The summed E-state index contributed by atoms with van der Waals surface area (Å²) >= 11 is 9.92. The van der Waals surface area contributed by atoms with E-state index in [1.165, 1.54) is 4.38 Å². The summed E-state index contributed by atoms with van der Waals surface area (Å²) in [7, 11) is 0. The number of carbonyl (C=O) groups is 1. The van der Waals surface area contributed by atoms with Crippen molar-refractivity contribution in [1.29, 1.82) is 0 Å². The molecule has 3 rings (SSSR count). The van der Waals surface area contributed by atoms with Gasteiger partial charge in [0.05, 0.1) is 13.0 Å². The van der Waals surface area contributed by atoms with E-state index in [2.05, 4.69) is 4.99 Å². The van der Waals surface area contributed by atoms with Gasteiger partial charge in [-0.05, 0) is 30.4 Å². The number of aliphatic imine (C=N–C) groups is 1. The van der Waals surface area contributed by atoms with Crippen LogP contribution in [0, 0.1) is 5.92 Å². The minimum atomic E-state index is 0.194. The Morgan fingerprint density at radius 3 is 2.83 bits per heavy atom. The van der Waals surface area contributed by atoms with Crippen LogP contribution in [0.4, 0.5) is 0 Å². The van der Waals surface area contributed by atoms with Crippen molar-refractivity contribution < 1.29 is 4.79 Å². The summed E-state index contributed by atoms with van der Waals surface area (Å²) in [6.07, 6.45) is 2.60. The van der Waals surface area contributed by atoms with Crippen molar-refractivity contribution in [2.75, 3.05) is 31.1 Å². The van der Waals surface area contributed by atoms with E-state index in [0.717, 1.165) is 49.5 Å². The van der Waals surface area contributed by atoms with Crippen molar-refractivity contribution in [2.24, 2.45) is 10.9 Å². The van der Waals surface area contributed by atoms with Gasteiger partial charge in [0, 0.05) is 29.6 Å². The maximum absolute atomic E-state index is 12.4. The number of piperidine rings is 1. The summed E-state index contributed by atoms with van der Waals surface area (Å²) in [5.74, 6) is 3.17. The second kappa shape index (κ2) is 8.45. The SMILES string of the molecule is O=C(Cc1ccccc1Cl)N1CCC(CSC2=NCCS2)CC1. The first kappa shape index (κ1) is 17.2. The molecule has 0 bridgehead atoms. The average molecular weight is 369 g/mol. The number of halogens is 1. The lowest BCUT2D eigenvalue weighted by Crippen LogP contribution is -2.39. The monoisotopic (exact) mass is 368 g/mol. The van der Waals surface area contributed by atoms with Gasteiger partial charge in [-0.3, -0.25) is 9.79 Å². The van der Waals surface area contributed by atoms with Gasteiger partial charge in [-0.2, -0.15) is 0 Å². The highest BCUT2D eigenvalue weighted by molar-refractivity contribution is 8.39. The Bertz CT molecular complexity index is 586. The molecular formula is C17H21ClN2OS2. The smallest absolute Gasteiger partial charge is 0.227 e. The lowest BCUT2D eigenvalue weighted by atomic mass is 9.98. The van der Waals surface area contributed by atoms with Gasteiger partial charge in [0.25, 0.3) is 0 Å². The number of amides is 1. The molecule has 1 aromatic carbocycles. The summed E-state index contributed by atoms with van der Waals surface area (Å²) in [5.41, 5.74) is 0.924. The summed E-state index contributed by atoms with van der Waals surface area (Å²) in [6, 6.07) is 7.61. The third-order valence-corrected chi connectivity index (χ3v) is 7.12. The van der Waals surface area contributed by atoms with E-state index < -0.39 is 0 Å². The number of carbonyl (C=O) groups excluding carboxylic acids is 1. The van der Waals surface area contributed by atoms with Crippen molar-refractivity contribution in [3.05, 3.63) is 34.9 Å². The molecule has 6 heteroatoms. The molecule has 2 aliphatic rings. The highest BCUT2D eigenvalue weighted by Gasteiger charge is 2.24. The van der Waals surface area contributed by atoms with Crippen molar-refractivity contribution in [3.8, 4) is 0 Å². The van der Waals surface area contributed by atoms with Crippen LogP contribution in [-0.2, 0) is 11.2 Å². The number of rotatable bonds is 4. The van der Waals surface area contributed by atoms with Crippen LogP contribution >= 0.6 is 35.1 Å². The minimum Gasteiger partial charge on any atom is -0.342 e. The summed E-state index contributed by atoms with van der Waals surface area (Å²) in [4.78, 5) is 18.9. The van der Waals surface area contributed by atoms with Crippen LogP contribution < -0.4 is 0 Å². The van der Waals surface area contributed by atoms with Crippen molar-refractivity contribution in [1.82, 2.24) is 4.90 Å². The Kier molecular flexibility index (Phi) is 6.31. The average Bonchev–Trinajstić information content (AvgIpc) is 3.09. The first-order valence-corrected chi connectivity index (χ1v) is 10.4. The van der Waals surface area contributed by atoms with E-state index in [4.69, 9.17) is 11.6 Å². The second-order valence-corrected chi connectivity index (χ2v) is 8.66. The van der Waals surface area contributed by atoms with Gasteiger partial charge in [-0.15, -0.1) is 0 Å². The molecule has 3 nitrogen and oxygen atoms in total. The van der Waals surface area contributed by atoms with Gasteiger partial charge >= 0.3 is 0 Å². The predicted molar refractivity (Wildman–Crippen MR) is 102 cm³/mol.